The Bertz CT molecular complexity index is 1010. The van der Waals surface area contributed by atoms with Gasteiger partial charge in [-0.3, -0.25) is 9.78 Å². The summed E-state index contributed by atoms with van der Waals surface area (Å²) in [6, 6.07) is 8.40. The molecule has 0 saturated carbocycles. The Labute approximate surface area is 151 Å². The number of amides is 1. The van der Waals surface area contributed by atoms with Gasteiger partial charge in [-0.1, -0.05) is 42.5 Å². The molecule has 128 valence electrons. The Balaban J connectivity index is 1.59. The predicted molar refractivity (Wildman–Crippen MR) is 100 cm³/mol. The van der Waals surface area contributed by atoms with E-state index in [1.807, 2.05) is 49.4 Å². The minimum absolute atomic E-state index is 0.0633. The van der Waals surface area contributed by atoms with Crippen LogP contribution in [0.25, 0.3) is 11.3 Å². The smallest absolute Gasteiger partial charge is 0.267 e. The van der Waals surface area contributed by atoms with Crippen LogP contribution in [0.2, 0.25) is 0 Å². The van der Waals surface area contributed by atoms with Gasteiger partial charge in [0.25, 0.3) is 5.91 Å². The van der Waals surface area contributed by atoms with Crippen LogP contribution in [0, 0.1) is 18.7 Å². The Morgan fingerprint density at radius 2 is 2.08 bits per heavy atom. The maximum Gasteiger partial charge on any atom is 0.273 e. The third-order valence-electron chi connectivity index (χ3n) is 4.55. The van der Waals surface area contributed by atoms with Gasteiger partial charge in [-0.25, -0.2) is 9.38 Å². The van der Waals surface area contributed by atoms with Gasteiger partial charge in [0.05, 0.1) is 11.4 Å². The van der Waals surface area contributed by atoms with Crippen LogP contribution in [-0.2, 0) is 11.2 Å². The molecular weight excluding hydrogens is 327 g/mol. The molecule has 0 saturated heterocycles. The van der Waals surface area contributed by atoms with Crippen molar-refractivity contribution < 1.29 is 9.18 Å². The van der Waals surface area contributed by atoms with Crippen LogP contribution in [-0.4, -0.2) is 16.6 Å². The molecule has 2 aliphatic rings. The highest BCUT2D eigenvalue weighted by Crippen LogP contribution is 2.25. The van der Waals surface area contributed by atoms with Crippen LogP contribution in [0.4, 0.5) is 4.39 Å². The summed E-state index contributed by atoms with van der Waals surface area (Å²) in [4.78, 5) is 21.0. The monoisotopic (exact) mass is 344 g/mol. The zero-order valence-corrected chi connectivity index (χ0v) is 14.3. The molecule has 4 heteroatoms. The van der Waals surface area contributed by atoms with Crippen LogP contribution in [0.1, 0.15) is 11.1 Å². The van der Waals surface area contributed by atoms with E-state index in [0.717, 1.165) is 28.1 Å². The first-order valence-corrected chi connectivity index (χ1v) is 8.50. The molecule has 26 heavy (non-hydrogen) atoms. The number of fused-ring (bicyclic) bond motifs is 1. The number of allylic oxidation sites excluding steroid dienone is 5. The van der Waals surface area contributed by atoms with Crippen molar-refractivity contribution in [1.82, 2.24) is 4.98 Å². The number of rotatable bonds is 3. The molecule has 1 aliphatic carbocycles. The zero-order chi connectivity index (χ0) is 18.1. The van der Waals surface area contributed by atoms with Crippen LogP contribution in [0.3, 0.4) is 0 Å². The maximum atomic E-state index is 13.5. The average molecular weight is 344 g/mol. The molecule has 1 unspecified atom stereocenters. The lowest BCUT2D eigenvalue weighted by molar-refractivity contribution is -0.114. The fourth-order valence-electron chi connectivity index (χ4n) is 3.30. The van der Waals surface area contributed by atoms with Gasteiger partial charge in [0, 0.05) is 29.7 Å². The molecule has 4 rings (SSSR count). The third-order valence-corrected chi connectivity index (χ3v) is 4.55. The first-order chi connectivity index (χ1) is 12.6. The van der Waals surface area contributed by atoms with Crippen molar-refractivity contribution in [1.29, 1.82) is 0 Å². The Morgan fingerprint density at radius 3 is 2.88 bits per heavy atom. The number of aliphatic imine (C=N–C) groups is 1. The van der Waals surface area contributed by atoms with Gasteiger partial charge in [-0.15, -0.1) is 0 Å². The van der Waals surface area contributed by atoms with Crippen LogP contribution in [0.5, 0.6) is 0 Å². The van der Waals surface area contributed by atoms with E-state index in [1.54, 1.807) is 12.3 Å². The minimum Gasteiger partial charge on any atom is -0.267 e. The van der Waals surface area contributed by atoms with Gasteiger partial charge < -0.3 is 0 Å². The predicted octanol–water partition coefficient (Wildman–Crippen LogP) is 4.39. The van der Waals surface area contributed by atoms with Crippen molar-refractivity contribution in [2.75, 3.05) is 0 Å². The molecule has 0 N–H and O–H groups in total. The number of aromatic nitrogens is 1. The van der Waals surface area contributed by atoms with Crippen LogP contribution < -0.4 is 0 Å². The van der Waals surface area contributed by atoms with Crippen molar-refractivity contribution in [2.45, 2.75) is 13.3 Å². The molecule has 2 aromatic rings. The van der Waals surface area contributed by atoms with E-state index in [1.165, 1.54) is 12.1 Å². The fraction of sp³-hybridized carbons (Fsp3) is 0.136. The molecule has 1 aromatic carbocycles. The van der Waals surface area contributed by atoms with E-state index in [0.29, 0.717) is 12.0 Å². The summed E-state index contributed by atoms with van der Waals surface area (Å²) in [6.45, 7) is 1.94. The summed E-state index contributed by atoms with van der Waals surface area (Å²) in [5, 5.41) is 0. The van der Waals surface area contributed by atoms with E-state index in [9.17, 15) is 9.18 Å². The van der Waals surface area contributed by atoms with Gasteiger partial charge in [0.1, 0.15) is 5.82 Å². The molecule has 0 radical (unpaired) electrons. The number of pyridine rings is 1. The lowest BCUT2D eigenvalue weighted by atomic mass is 9.90. The minimum atomic E-state index is -0.283. The maximum absolute atomic E-state index is 13.5. The van der Waals surface area contributed by atoms with Crippen molar-refractivity contribution in [3.05, 3.63) is 89.4 Å². The van der Waals surface area contributed by atoms with Gasteiger partial charge in [-0.05, 0) is 36.3 Å². The fourth-order valence-corrected chi connectivity index (χ4v) is 3.30. The second-order valence-corrected chi connectivity index (χ2v) is 6.50. The second kappa shape index (κ2) is 6.64. The zero-order valence-electron chi connectivity index (χ0n) is 14.3. The number of aryl methyl sites for hydroxylation is 1. The molecule has 0 spiro atoms. The number of carbonyl (C=O) groups is 1. The van der Waals surface area contributed by atoms with E-state index in [-0.39, 0.29) is 17.6 Å². The van der Waals surface area contributed by atoms with Crippen molar-refractivity contribution >= 4 is 11.6 Å². The third kappa shape index (κ3) is 3.18. The van der Waals surface area contributed by atoms with Crippen LogP contribution in [0.15, 0.2) is 77.5 Å². The normalized spacial score (nSPS) is 18.4. The number of nitrogens with zero attached hydrogens (tertiary/aromatic N) is 2. The second-order valence-electron chi connectivity index (χ2n) is 6.50. The number of halogens is 1. The van der Waals surface area contributed by atoms with Crippen molar-refractivity contribution in [3.63, 3.8) is 0 Å². The summed E-state index contributed by atoms with van der Waals surface area (Å²) in [7, 11) is 0. The summed E-state index contributed by atoms with van der Waals surface area (Å²) in [6.07, 6.45) is 12.0. The number of hydrogen-bond acceptors (Lipinski definition) is 2. The molecule has 3 nitrogen and oxygen atoms in total. The summed E-state index contributed by atoms with van der Waals surface area (Å²) in [5.74, 6) is -0.412. The largest absolute Gasteiger partial charge is 0.273 e. The van der Waals surface area contributed by atoms with E-state index in [4.69, 9.17) is 0 Å². The number of benzene rings is 1. The van der Waals surface area contributed by atoms with E-state index >= 15 is 0 Å². The summed E-state index contributed by atoms with van der Waals surface area (Å²) >= 11 is 0. The highest BCUT2D eigenvalue weighted by atomic mass is 19.1. The van der Waals surface area contributed by atoms with E-state index in [2.05, 4.69) is 9.98 Å². The Hall–Kier alpha value is -3.14. The van der Waals surface area contributed by atoms with Gasteiger partial charge in [0.15, 0.2) is 0 Å². The molecule has 1 atom stereocenters. The molecule has 1 amide bonds. The molecule has 1 aromatic heterocycles. The number of carbonyl (C=O) groups excluding carboxylic acids is 1. The quantitative estimate of drug-likeness (QED) is 0.829. The standard InChI is InChI=1S/C22H17FN2O/c1-14-9-15(13-24-21(14)17-6-4-7-19(23)12-17)10-18-11-16-5-2-3-8-20(16)25-22(18)26/h2-9,11-13,16H,10H2,1H3. The highest BCUT2D eigenvalue weighted by molar-refractivity contribution is 6.13. The summed E-state index contributed by atoms with van der Waals surface area (Å²) < 4.78 is 13.5. The summed E-state index contributed by atoms with van der Waals surface area (Å²) in [5.41, 5.74) is 4.85. The Kier molecular flexibility index (Phi) is 4.17. The average Bonchev–Trinajstić information content (AvgIpc) is 2.62. The van der Waals surface area contributed by atoms with Gasteiger partial charge in [0.2, 0.25) is 0 Å². The van der Waals surface area contributed by atoms with Crippen LogP contribution >= 0.6 is 0 Å². The lowest BCUT2D eigenvalue weighted by Gasteiger charge is -2.18. The van der Waals surface area contributed by atoms with Crippen molar-refractivity contribution in [2.24, 2.45) is 10.9 Å². The molecule has 0 fully saturated rings. The first-order valence-electron chi connectivity index (χ1n) is 8.50. The topological polar surface area (TPSA) is 42.3 Å². The highest BCUT2D eigenvalue weighted by Gasteiger charge is 2.22. The number of hydrogen-bond donors (Lipinski definition) is 0. The molecule has 0 bridgehead atoms. The van der Waals surface area contributed by atoms with E-state index < -0.39 is 0 Å². The van der Waals surface area contributed by atoms with Crippen molar-refractivity contribution in [3.8, 4) is 11.3 Å². The molecule has 1 aliphatic heterocycles. The van der Waals surface area contributed by atoms with Gasteiger partial charge >= 0.3 is 0 Å². The number of dihydropyridines is 1. The molecule has 2 heterocycles. The van der Waals surface area contributed by atoms with Gasteiger partial charge in [-0.2, -0.15) is 0 Å². The Morgan fingerprint density at radius 1 is 1.19 bits per heavy atom. The SMILES string of the molecule is Cc1cc(CC2=CC3C=CC=CC3=NC2=O)cnc1-c1cccc(F)c1. The lowest BCUT2D eigenvalue weighted by Crippen LogP contribution is -2.20. The molecular formula is C22H17FN2O. The first kappa shape index (κ1) is 16.3.